The molecule has 0 spiro atoms. The van der Waals surface area contributed by atoms with Gasteiger partial charge in [-0.15, -0.1) is 0 Å². The van der Waals surface area contributed by atoms with E-state index in [2.05, 4.69) is 42.6 Å². The first kappa shape index (κ1) is 13.5. The van der Waals surface area contributed by atoms with Crippen molar-refractivity contribution in [1.29, 1.82) is 0 Å². The second kappa shape index (κ2) is 5.49. The topological polar surface area (TPSA) is 32.3 Å². The van der Waals surface area contributed by atoms with Crippen LogP contribution in [0.3, 0.4) is 0 Å². The zero-order chi connectivity index (χ0) is 14.8. The van der Waals surface area contributed by atoms with Crippen molar-refractivity contribution in [2.45, 2.75) is 19.9 Å². The summed E-state index contributed by atoms with van der Waals surface area (Å²) in [6.07, 6.45) is 0. The van der Waals surface area contributed by atoms with Crippen LogP contribution in [0.2, 0.25) is 0 Å². The Kier molecular flexibility index (Phi) is 3.53. The zero-order valence-electron chi connectivity index (χ0n) is 12.3. The standard InChI is InChI=1S/C19H19NO/c1-13-7-10-19(21)18(11-13)14(2)20-17-9-8-15-5-3-4-6-16(15)12-17/h3-12,14,20-21H,1-2H3. The van der Waals surface area contributed by atoms with Crippen molar-refractivity contribution in [1.82, 2.24) is 0 Å². The van der Waals surface area contributed by atoms with E-state index in [0.717, 1.165) is 16.8 Å². The molecule has 0 amide bonds. The molecular weight excluding hydrogens is 258 g/mol. The number of hydrogen-bond acceptors (Lipinski definition) is 2. The first-order chi connectivity index (χ1) is 10.1. The van der Waals surface area contributed by atoms with Gasteiger partial charge in [0.05, 0.1) is 6.04 Å². The second-order valence-corrected chi connectivity index (χ2v) is 5.49. The molecule has 0 bridgehead atoms. The summed E-state index contributed by atoms with van der Waals surface area (Å²) >= 11 is 0. The van der Waals surface area contributed by atoms with E-state index in [-0.39, 0.29) is 6.04 Å². The molecule has 106 valence electrons. The predicted molar refractivity (Wildman–Crippen MR) is 88.8 cm³/mol. The van der Waals surface area contributed by atoms with Crippen molar-refractivity contribution in [2.75, 3.05) is 5.32 Å². The Hall–Kier alpha value is -2.48. The Morgan fingerprint density at radius 1 is 0.905 bits per heavy atom. The Bertz CT molecular complexity index is 779. The summed E-state index contributed by atoms with van der Waals surface area (Å²) in [6.45, 7) is 4.09. The molecular formula is C19H19NO. The van der Waals surface area contributed by atoms with Crippen LogP contribution in [-0.2, 0) is 0 Å². The van der Waals surface area contributed by atoms with Crippen LogP contribution >= 0.6 is 0 Å². The lowest BCUT2D eigenvalue weighted by Crippen LogP contribution is -2.07. The molecule has 0 aliphatic carbocycles. The Labute approximate surface area is 125 Å². The molecule has 0 heterocycles. The quantitative estimate of drug-likeness (QED) is 0.704. The zero-order valence-corrected chi connectivity index (χ0v) is 12.3. The van der Waals surface area contributed by atoms with Gasteiger partial charge in [0.2, 0.25) is 0 Å². The molecule has 3 rings (SSSR count). The molecule has 3 aromatic carbocycles. The molecule has 0 aliphatic rings. The minimum absolute atomic E-state index is 0.0473. The lowest BCUT2D eigenvalue weighted by molar-refractivity contribution is 0.465. The van der Waals surface area contributed by atoms with E-state index in [9.17, 15) is 5.11 Å². The molecule has 2 heteroatoms. The summed E-state index contributed by atoms with van der Waals surface area (Å²) in [6, 6.07) is 20.4. The van der Waals surface area contributed by atoms with Crippen LogP contribution in [0, 0.1) is 6.92 Å². The largest absolute Gasteiger partial charge is 0.508 e. The molecule has 0 aliphatic heterocycles. The summed E-state index contributed by atoms with van der Waals surface area (Å²) in [4.78, 5) is 0. The van der Waals surface area contributed by atoms with E-state index in [1.807, 2.05) is 31.2 Å². The normalized spacial score (nSPS) is 12.3. The van der Waals surface area contributed by atoms with Crippen molar-refractivity contribution < 1.29 is 5.11 Å². The smallest absolute Gasteiger partial charge is 0.120 e. The third-order valence-corrected chi connectivity index (χ3v) is 3.78. The third-order valence-electron chi connectivity index (χ3n) is 3.78. The number of phenolic OH excluding ortho intramolecular Hbond substituents is 1. The van der Waals surface area contributed by atoms with Gasteiger partial charge >= 0.3 is 0 Å². The summed E-state index contributed by atoms with van der Waals surface area (Å²) in [5.74, 6) is 0.335. The van der Waals surface area contributed by atoms with Crippen LogP contribution in [0.4, 0.5) is 5.69 Å². The highest BCUT2D eigenvalue weighted by Crippen LogP contribution is 2.29. The van der Waals surface area contributed by atoms with Crippen molar-refractivity contribution in [3.63, 3.8) is 0 Å². The van der Waals surface area contributed by atoms with Crippen LogP contribution < -0.4 is 5.32 Å². The number of fused-ring (bicyclic) bond motifs is 1. The molecule has 0 saturated carbocycles. The SMILES string of the molecule is Cc1ccc(O)c(C(C)Nc2ccc3ccccc3c2)c1. The summed E-state index contributed by atoms with van der Waals surface area (Å²) in [5, 5.41) is 15.9. The average molecular weight is 277 g/mol. The van der Waals surface area contributed by atoms with E-state index in [1.54, 1.807) is 6.07 Å². The van der Waals surface area contributed by atoms with E-state index >= 15 is 0 Å². The van der Waals surface area contributed by atoms with Gasteiger partial charge in [-0.25, -0.2) is 0 Å². The molecule has 0 fully saturated rings. The first-order valence-corrected chi connectivity index (χ1v) is 7.18. The highest BCUT2D eigenvalue weighted by molar-refractivity contribution is 5.85. The number of hydrogen-bond donors (Lipinski definition) is 2. The van der Waals surface area contributed by atoms with Gasteiger partial charge in [0.1, 0.15) is 5.75 Å². The summed E-state index contributed by atoms with van der Waals surface area (Å²) in [5.41, 5.74) is 3.13. The monoisotopic (exact) mass is 277 g/mol. The van der Waals surface area contributed by atoms with Crippen LogP contribution in [0.15, 0.2) is 60.7 Å². The highest BCUT2D eigenvalue weighted by atomic mass is 16.3. The predicted octanol–water partition coefficient (Wildman–Crippen LogP) is 5.03. The Balaban J connectivity index is 1.88. The highest BCUT2D eigenvalue weighted by Gasteiger charge is 2.10. The molecule has 2 N–H and O–H groups in total. The van der Waals surface area contributed by atoms with Gasteiger partial charge in [0.15, 0.2) is 0 Å². The minimum atomic E-state index is 0.0473. The van der Waals surface area contributed by atoms with Crippen molar-refractivity contribution in [2.24, 2.45) is 0 Å². The molecule has 0 radical (unpaired) electrons. The van der Waals surface area contributed by atoms with Gasteiger partial charge in [0, 0.05) is 11.3 Å². The van der Waals surface area contributed by atoms with Crippen LogP contribution in [0.5, 0.6) is 5.75 Å². The Morgan fingerprint density at radius 3 is 2.48 bits per heavy atom. The van der Waals surface area contributed by atoms with E-state index in [0.29, 0.717) is 5.75 Å². The van der Waals surface area contributed by atoms with Crippen LogP contribution in [-0.4, -0.2) is 5.11 Å². The number of aromatic hydroxyl groups is 1. The molecule has 0 saturated heterocycles. The molecule has 0 aromatic heterocycles. The number of phenols is 1. The van der Waals surface area contributed by atoms with Crippen molar-refractivity contribution in [3.05, 3.63) is 71.8 Å². The maximum absolute atomic E-state index is 10.0. The number of nitrogens with one attached hydrogen (secondary N) is 1. The van der Waals surface area contributed by atoms with Gasteiger partial charge in [-0.05, 0) is 42.8 Å². The van der Waals surface area contributed by atoms with Gasteiger partial charge in [-0.1, -0.05) is 48.0 Å². The molecule has 2 nitrogen and oxygen atoms in total. The second-order valence-electron chi connectivity index (χ2n) is 5.49. The number of aryl methyl sites for hydroxylation is 1. The molecule has 21 heavy (non-hydrogen) atoms. The molecule has 1 atom stereocenters. The fraction of sp³-hybridized carbons (Fsp3) is 0.158. The Morgan fingerprint density at radius 2 is 1.67 bits per heavy atom. The fourth-order valence-corrected chi connectivity index (χ4v) is 2.63. The van der Waals surface area contributed by atoms with Gasteiger partial charge in [-0.3, -0.25) is 0 Å². The number of benzene rings is 3. The van der Waals surface area contributed by atoms with E-state index in [4.69, 9.17) is 0 Å². The molecule has 1 unspecified atom stereocenters. The third kappa shape index (κ3) is 2.84. The van der Waals surface area contributed by atoms with Crippen LogP contribution in [0.25, 0.3) is 10.8 Å². The lowest BCUT2D eigenvalue weighted by atomic mass is 10.0. The average Bonchev–Trinajstić information content (AvgIpc) is 2.49. The first-order valence-electron chi connectivity index (χ1n) is 7.18. The van der Waals surface area contributed by atoms with E-state index < -0.39 is 0 Å². The van der Waals surface area contributed by atoms with Gasteiger partial charge < -0.3 is 10.4 Å². The lowest BCUT2D eigenvalue weighted by Gasteiger charge is -2.18. The molecule has 3 aromatic rings. The summed E-state index contributed by atoms with van der Waals surface area (Å²) < 4.78 is 0. The fourth-order valence-electron chi connectivity index (χ4n) is 2.63. The van der Waals surface area contributed by atoms with Gasteiger partial charge in [0.25, 0.3) is 0 Å². The van der Waals surface area contributed by atoms with Gasteiger partial charge in [-0.2, -0.15) is 0 Å². The summed E-state index contributed by atoms with van der Waals surface area (Å²) in [7, 11) is 0. The minimum Gasteiger partial charge on any atom is -0.508 e. The van der Waals surface area contributed by atoms with Crippen molar-refractivity contribution >= 4 is 16.5 Å². The maximum Gasteiger partial charge on any atom is 0.120 e. The number of anilines is 1. The van der Waals surface area contributed by atoms with Crippen molar-refractivity contribution in [3.8, 4) is 5.75 Å². The van der Waals surface area contributed by atoms with E-state index in [1.165, 1.54) is 10.8 Å². The van der Waals surface area contributed by atoms with Crippen LogP contribution in [0.1, 0.15) is 24.1 Å². The number of rotatable bonds is 3. The maximum atomic E-state index is 10.0.